The number of carboxylic acid groups (broad SMARTS) is 1. The van der Waals surface area contributed by atoms with Gasteiger partial charge in [0.2, 0.25) is 0 Å². The van der Waals surface area contributed by atoms with E-state index in [2.05, 4.69) is 19.8 Å². The lowest BCUT2D eigenvalue weighted by molar-refractivity contribution is 0.0698. The fourth-order valence-corrected chi connectivity index (χ4v) is 3.29. The van der Waals surface area contributed by atoms with Gasteiger partial charge in [0.1, 0.15) is 11.6 Å². The predicted molar refractivity (Wildman–Crippen MR) is 97.4 cm³/mol. The predicted octanol–water partition coefficient (Wildman–Crippen LogP) is 2.65. The number of piperazine rings is 1. The van der Waals surface area contributed by atoms with Crippen molar-refractivity contribution in [2.24, 2.45) is 0 Å². The second-order valence-electron chi connectivity index (χ2n) is 6.01. The normalized spacial score (nSPS) is 14.7. The summed E-state index contributed by atoms with van der Waals surface area (Å²) in [5.74, 6) is 0.887. The van der Waals surface area contributed by atoms with Crippen molar-refractivity contribution in [3.63, 3.8) is 0 Å². The van der Waals surface area contributed by atoms with Crippen molar-refractivity contribution in [2.45, 2.75) is 0 Å². The van der Waals surface area contributed by atoms with Gasteiger partial charge in [-0.3, -0.25) is 0 Å². The molecule has 1 saturated heterocycles. The molecule has 6 heteroatoms. The number of anilines is 2. The first kappa shape index (κ1) is 15.4. The van der Waals surface area contributed by atoms with Crippen LogP contribution in [-0.2, 0) is 0 Å². The minimum Gasteiger partial charge on any atom is -0.478 e. The van der Waals surface area contributed by atoms with Gasteiger partial charge in [-0.05, 0) is 12.1 Å². The van der Waals surface area contributed by atoms with Crippen LogP contribution in [-0.4, -0.2) is 47.2 Å². The first-order valence-corrected chi connectivity index (χ1v) is 8.26. The number of nitrogens with zero attached hydrogens (tertiary/aromatic N) is 4. The molecule has 1 aliphatic rings. The molecular formula is C19H18N4O2. The third-order valence-corrected chi connectivity index (χ3v) is 4.56. The summed E-state index contributed by atoms with van der Waals surface area (Å²) in [7, 11) is 0. The minimum absolute atomic E-state index is 0.242. The lowest BCUT2D eigenvalue weighted by Crippen LogP contribution is -2.47. The van der Waals surface area contributed by atoms with Gasteiger partial charge in [-0.25, -0.2) is 14.8 Å². The lowest BCUT2D eigenvalue weighted by Gasteiger charge is -2.36. The van der Waals surface area contributed by atoms with Crippen molar-refractivity contribution in [3.8, 4) is 0 Å². The minimum atomic E-state index is -0.949. The molecule has 0 atom stereocenters. The van der Waals surface area contributed by atoms with E-state index in [0.717, 1.165) is 48.6 Å². The molecule has 1 fully saturated rings. The van der Waals surface area contributed by atoms with Crippen molar-refractivity contribution in [2.75, 3.05) is 36.0 Å². The highest BCUT2D eigenvalue weighted by Gasteiger charge is 2.22. The van der Waals surface area contributed by atoms with Gasteiger partial charge < -0.3 is 14.9 Å². The molecule has 0 unspecified atom stereocenters. The molecule has 126 valence electrons. The number of aromatic carboxylic acids is 1. The molecule has 0 spiro atoms. The van der Waals surface area contributed by atoms with E-state index in [9.17, 15) is 9.90 Å². The van der Waals surface area contributed by atoms with Gasteiger partial charge in [0.05, 0.1) is 5.56 Å². The van der Waals surface area contributed by atoms with Gasteiger partial charge in [-0.2, -0.15) is 0 Å². The zero-order valence-corrected chi connectivity index (χ0v) is 13.7. The van der Waals surface area contributed by atoms with Gasteiger partial charge >= 0.3 is 5.97 Å². The molecule has 1 N–H and O–H groups in total. The average molecular weight is 334 g/mol. The number of rotatable bonds is 3. The number of hydrogen-bond donors (Lipinski definition) is 1. The molecule has 2 aromatic heterocycles. The summed E-state index contributed by atoms with van der Waals surface area (Å²) in [6.07, 6.45) is 3.27. The van der Waals surface area contributed by atoms with E-state index in [-0.39, 0.29) is 5.56 Å². The van der Waals surface area contributed by atoms with Gasteiger partial charge in [0.25, 0.3) is 0 Å². The maximum atomic E-state index is 11.4. The molecule has 1 aliphatic heterocycles. The summed E-state index contributed by atoms with van der Waals surface area (Å²) in [5, 5.41) is 11.0. The van der Waals surface area contributed by atoms with Crippen LogP contribution < -0.4 is 9.80 Å². The summed E-state index contributed by atoms with van der Waals surface area (Å²) in [6.45, 7) is 3.35. The standard InChI is InChI=1S/C19H18N4O2/c24-19(25)16-13-21-18(15-6-2-1-5-14(15)16)23-11-9-22(10-12-23)17-7-3-4-8-20-17/h1-8,13H,9-12H2,(H,24,25). The Morgan fingerprint density at radius 1 is 0.880 bits per heavy atom. The quantitative estimate of drug-likeness (QED) is 0.794. The van der Waals surface area contributed by atoms with E-state index in [1.54, 1.807) is 6.20 Å². The largest absolute Gasteiger partial charge is 0.478 e. The van der Waals surface area contributed by atoms with Crippen LogP contribution in [0.1, 0.15) is 10.4 Å². The molecule has 0 saturated carbocycles. The number of benzene rings is 1. The molecule has 25 heavy (non-hydrogen) atoms. The first-order chi connectivity index (χ1) is 12.2. The number of fused-ring (bicyclic) bond motifs is 1. The van der Waals surface area contributed by atoms with Crippen molar-refractivity contribution < 1.29 is 9.90 Å². The highest BCUT2D eigenvalue weighted by atomic mass is 16.4. The third-order valence-electron chi connectivity index (χ3n) is 4.56. The molecule has 0 amide bonds. The van der Waals surface area contributed by atoms with Crippen LogP contribution >= 0.6 is 0 Å². The Labute approximate surface area is 145 Å². The molecule has 4 rings (SSSR count). The summed E-state index contributed by atoms with van der Waals surface area (Å²) in [5.41, 5.74) is 0.242. The Morgan fingerprint density at radius 3 is 2.24 bits per heavy atom. The molecule has 1 aromatic carbocycles. The zero-order valence-electron chi connectivity index (χ0n) is 13.7. The van der Waals surface area contributed by atoms with Crippen LogP contribution in [0.15, 0.2) is 54.9 Å². The molecule has 0 radical (unpaired) electrons. The number of pyridine rings is 2. The van der Waals surface area contributed by atoms with Crippen LogP contribution in [0.25, 0.3) is 10.8 Å². The van der Waals surface area contributed by atoms with Crippen LogP contribution in [0.4, 0.5) is 11.6 Å². The molecule has 0 aliphatic carbocycles. The van der Waals surface area contributed by atoms with E-state index >= 15 is 0 Å². The topological polar surface area (TPSA) is 69.6 Å². The Hall–Kier alpha value is -3.15. The summed E-state index contributed by atoms with van der Waals surface area (Å²) in [4.78, 5) is 24.8. The van der Waals surface area contributed by atoms with Gasteiger partial charge in [0.15, 0.2) is 0 Å². The Bertz CT molecular complexity index is 906. The van der Waals surface area contributed by atoms with E-state index in [1.807, 2.05) is 42.5 Å². The molecular weight excluding hydrogens is 316 g/mol. The second-order valence-corrected chi connectivity index (χ2v) is 6.01. The monoisotopic (exact) mass is 334 g/mol. The fraction of sp³-hybridized carbons (Fsp3) is 0.211. The zero-order chi connectivity index (χ0) is 17.2. The Kier molecular flexibility index (Phi) is 3.93. The van der Waals surface area contributed by atoms with Gasteiger partial charge in [-0.1, -0.05) is 30.3 Å². The van der Waals surface area contributed by atoms with Crippen molar-refractivity contribution >= 4 is 28.4 Å². The number of carbonyl (C=O) groups is 1. The second kappa shape index (κ2) is 6.39. The van der Waals surface area contributed by atoms with Crippen LogP contribution in [0.2, 0.25) is 0 Å². The van der Waals surface area contributed by atoms with Crippen molar-refractivity contribution in [1.29, 1.82) is 0 Å². The fourth-order valence-electron chi connectivity index (χ4n) is 3.29. The maximum absolute atomic E-state index is 11.4. The smallest absolute Gasteiger partial charge is 0.337 e. The molecule has 3 aromatic rings. The van der Waals surface area contributed by atoms with Crippen LogP contribution in [0.5, 0.6) is 0 Å². The lowest BCUT2D eigenvalue weighted by atomic mass is 10.1. The van der Waals surface area contributed by atoms with E-state index in [1.165, 1.54) is 6.20 Å². The number of carboxylic acids is 1. The third kappa shape index (κ3) is 2.87. The molecule has 0 bridgehead atoms. The van der Waals surface area contributed by atoms with E-state index in [4.69, 9.17) is 0 Å². The highest BCUT2D eigenvalue weighted by molar-refractivity contribution is 6.06. The van der Waals surface area contributed by atoms with Crippen molar-refractivity contribution in [1.82, 2.24) is 9.97 Å². The average Bonchev–Trinajstić information content (AvgIpc) is 2.68. The van der Waals surface area contributed by atoms with Crippen molar-refractivity contribution in [3.05, 3.63) is 60.4 Å². The summed E-state index contributed by atoms with van der Waals surface area (Å²) >= 11 is 0. The van der Waals surface area contributed by atoms with Gasteiger partial charge in [-0.15, -0.1) is 0 Å². The summed E-state index contributed by atoms with van der Waals surface area (Å²) in [6, 6.07) is 13.5. The molecule has 3 heterocycles. The van der Waals surface area contributed by atoms with Crippen LogP contribution in [0, 0.1) is 0 Å². The van der Waals surface area contributed by atoms with Gasteiger partial charge in [0, 0.05) is 49.3 Å². The first-order valence-electron chi connectivity index (χ1n) is 8.26. The Morgan fingerprint density at radius 2 is 1.56 bits per heavy atom. The van der Waals surface area contributed by atoms with Crippen LogP contribution in [0.3, 0.4) is 0 Å². The number of hydrogen-bond acceptors (Lipinski definition) is 5. The van der Waals surface area contributed by atoms with E-state index < -0.39 is 5.97 Å². The molecule has 6 nitrogen and oxygen atoms in total. The maximum Gasteiger partial charge on any atom is 0.337 e. The Balaban J connectivity index is 1.62. The highest BCUT2D eigenvalue weighted by Crippen LogP contribution is 2.28. The summed E-state index contributed by atoms with van der Waals surface area (Å²) < 4.78 is 0. The van der Waals surface area contributed by atoms with E-state index in [0.29, 0.717) is 0 Å². The number of aromatic nitrogens is 2. The SMILES string of the molecule is O=C(O)c1cnc(N2CCN(c3ccccn3)CC2)c2ccccc12.